The molecule has 1 fully saturated rings. The zero-order chi connectivity index (χ0) is 22.2. The van der Waals surface area contributed by atoms with E-state index in [1.54, 1.807) is 0 Å². The molecule has 1 saturated heterocycles. The number of hydrogen-bond donors (Lipinski definition) is 1. The minimum atomic E-state index is -0.0464. The lowest BCUT2D eigenvalue weighted by molar-refractivity contribution is -0.134. The first-order valence-corrected chi connectivity index (χ1v) is 11.4. The average molecular weight is 423 g/mol. The van der Waals surface area contributed by atoms with Gasteiger partial charge in [0.25, 0.3) is 11.8 Å². The molecule has 0 unspecified atom stereocenters. The molecule has 0 spiro atoms. The van der Waals surface area contributed by atoms with Gasteiger partial charge in [0.15, 0.2) is 6.61 Å². The molecule has 1 N–H and O–H groups in total. The average Bonchev–Trinajstić information content (AvgIpc) is 2.79. The molecule has 0 aliphatic carbocycles. The molecule has 2 aromatic rings. The molecule has 0 atom stereocenters. The second-order valence-electron chi connectivity index (χ2n) is 8.59. The molecule has 31 heavy (non-hydrogen) atoms. The maximum absolute atomic E-state index is 12.5. The highest BCUT2D eigenvalue weighted by Crippen LogP contribution is 2.17. The molecule has 0 saturated carbocycles. The van der Waals surface area contributed by atoms with Crippen molar-refractivity contribution < 1.29 is 14.3 Å². The summed E-state index contributed by atoms with van der Waals surface area (Å²) in [5.74, 6) is 1.11. The lowest BCUT2D eigenvalue weighted by Gasteiger charge is -2.32. The summed E-state index contributed by atoms with van der Waals surface area (Å²) >= 11 is 0. The Hall–Kier alpha value is -2.82. The van der Waals surface area contributed by atoms with Gasteiger partial charge in [-0.1, -0.05) is 51.5 Å². The van der Waals surface area contributed by atoms with E-state index >= 15 is 0 Å². The molecular formula is C26H34N2O3. The Morgan fingerprint density at radius 1 is 1.03 bits per heavy atom. The number of hydrogen-bond acceptors (Lipinski definition) is 3. The Balaban J connectivity index is 1.41. The quantitative estimate of drug-likeness (QED) is 0.678. The van der Waals surface area contributed by atoms with Crippen molar-refractivity contribution in [3.05, 3.63) is 65.2 Å². The van der Waals surface area contributed by atoms with Crippen LogP contribution in [0.25, 0.3) is 0 Å². The molecule has 5 heteroatoms. The highest BCUT2D eigenvalue weighted by molar-refractivity contribution is 5.94. The van der Waals surface area contributed by atoms with Crippen LogP contribution in [0.5, 0.6) is 5.75 Å². The lowest BCUT2D eigenvalue weighted by atomic mass is 10.0. The van der Waals surface area contributed by atoms with E-state index in [-0.39, 0.29) is 24.5 Å². The Morgan fingerprint density at radius 2 is 1.68 bits per heavy atom. The predicted molar refractivity (Wildman–Crippen MR) is 124 cm³/mol. The third kappa shape index (κ3) is 6.58. The maximum atomic E-state index is 12.5. The Morgan fingerprint density at radius 3 is 2.26 bits per heavy atom. The van der Waals surface area contributed by atoms with Gasteiger partial charge in [0, 0.05) is 24.7 Å². The normalized spacial score (nSPS) is 14.5. The topological polar surface area (TPSA) is 58.6 Å². The van der Waals surface area contributed by atoms with Gasteiger partial charge < -0.3 is 15.0 Å². The smallest absolute Gasteiger partial charge is 0.260 e. The maximum Gasteiger partial charge on any atom is 0.260 e. The highest BCUT2D eigenvalue weighted by Gasteiger charge is 2.24. The van der Waals surface area contributed by atoms with Crippen LogP contribution in [0, 0.1) is 0 Å². The van der Waals surface area contributed by atoms with Crippen molar-refractivity contribution in [1.29, 1.82) is 0 Å². The molecule has 3 rings (SSSR count). The number of aryl methyl sites for hydroxylation is 1. The molecule has 1 heterocycles. The number of carbonyl (C=O) groups is 2. The molecule has 1 aliphatic rings. The number of piperidine rings is 1. The van der Waals surface area contributed by atoms with Crippen LogP contribution in [0.1, 0.15) is 67.4 Å². The van der Waals surface area contributed by atoms with E-state index in [0.29, 0.717) is 24.6 Å². The number of benzene rings is 2. The summed E-state index contributed by atoms with van der Waals surface area (Å²) in [4.78, 5) is 26.8. The third-order valence-electron chi connectivity index (χ3n) is 5.85. The van der Waals surface area contributed by atoms with Gasteiger partial charge in [0.1, 0.15) is 5.75 Å². The third-order valence-corrected chi connectivity index (χ3v) is 5.85. The van der Waals surface area contributed by atoms with Gasteiger partial charge in [-0.25, -0.2) is 0 Å². The van der Waals surface area contributed by atoms with E-state index in [4.69, 9.17) is 4.74 Å². The fourth-order valence-electron chi connectivity index (χ4n) is 3.84. The summed E-state index contributed by atoms with van der Waals surface area (Å²) in [5, 5.41) is 3.11. The molecule has 166 valence electrons. The molecule has 0 bridgehead atoms. The van der Waals surface area contributed by atoms with Crippen molar-refractivity contribution in [1.82, 2.24) is 10.2 Å². The molecule has 1 aliphatic heterocycles. The number of ether oxygens (including phenoxy) is 1. The SMILES string of the molecule is CCCc1ccc(OCC(=O)N2CCC(NC(=O)c3ccc(C(C)C)cc3)CC2)cc1. The Labute approximate surface area is 185 Å². The van der Waals surface area contributed by atoms with Gasteiger partial charge in [0.05, 0.1) is 0 Å². The number of rotatable bonds is 8. The van der Waals surface area contributed by atoms with Crippen molar-refractivity contribution in [2.75, 3.05) is 19.7 Å². The van der Waals surface area contributed by atoms with E-state index in [9.17, 15) is 9.59 Å². The highest BCUT2D eigenvalue weighted by atomic mass is 16.5. The monoisotopic (exact) mass is 422 g/mol. The molecule has 0 aromatic heterocycles. The van der Waals surface area contributed by atoms with Gasteiger partial charge in [-0.05, 0) is 60.6 Å². The van der Waals surface area contributed by atoms with Crippen LogP contribution in [-0.4, -0.2) is 42.5 Å². The number of nitrogens with zero attached hydrogens (tertiary/aromatic N) is 1. The van der Waals surface area contributed by atoms with Crippen molar-refractivity contribution in [3.8, 4) is 5.75 Å². The van der Waals surface area contributed by atoms with E-state index in [0.717, 1.165) is 31.4 Å². The first-order chi connectivity index (χ1) is 15.0. The summed E-state index contributed by atoms with van der Waals surface area (Å²) in [6.07, 6.45) is 3.67. The zero-order valence-electron chi connectivity index (χ0n) is 18.9. The Bertz CT molecular complexity index is 851. The largest absolute Gasteiger partial charge is 0.484 e. The van der Waals surface area contributed by atoms with Crippen LogP contribution in [0.2, 0.25) is 0 Å². The van der Waals surface area contributed by atoms with Gasteiger partial charge in [-0.15, -0.1) is 0 Å². The number of carbonyl (C=O) groups excluding carboxylic acids is 2. The molecule has 5 nitrogen and oxygen atoms in total. The minimum Gasteiger partial charge on any atom is -0.484 e. The second-order valence-corrected chi connectivity index (χ2v) is 8.59. The zero-order valence-corrected chi connectivity index (χ0v) is 18.9. The van der Waals surface area contributed by atoms with Crippen molar-refractivity contribution in [2.24, 2.45) is 0 Å². The first-order valence-electron chi connectivity index (χ1n) is 11.4. The first kappa shape index (κ1) is 22.9. The number of amides is 2. The van der Waals surface area contributed by atoms with Gasteiger partial charge >= 0.3 is 0 Å². The van der Waals surface area contributed by atoms with Crippen molar-refractivity contribution >= 4 is 11.8 Å². The van der Waals surface area contributed by atoms with E-state index in [1.165, 1.54) is 11.1 Å². The summed E-state index contributed by atoms with van der Waals surface area (Å²) in [6, 6.07) is 15.8. The van der Waals surface area contributed by atoms with Crippen LogP contribution in [-0.2, 0) is 11.2 Å². The summed E-state index contributed by atoms with van der Waals surface area (Å²) in [5.41, 5.74) is 3.19. The van der Waals surface area contributed by atoms with Crippen LogP contribution < -0.4 is 10.1 Å². The standard InChI is InChI=1S/C26H34N2O3/c1-4-5-20-6-12-24(13-7-20)31-18-25(29)28-16-14-23(15-17-28)27-26(30)22-10-8-21(9-11-22)19(2)3/h6-13,19,23H,4-5,14-18H2,1-3H3,(H,27,30). The second kappa shape index (κ2) is 11.0. The summed E-state index contributed by atoms with van der Waals surface area (Å²) in [6.45, 7) is 7.74. The van der Waals surface area contributed by atoms with Gasteiger partial charge in [0.2, 0.25) is 0 Å². The van der Waals surface area contributed by atoms with E-state index in [1.807, 2.05) is 53.4 Å². The summed E-state index contributed by atoms with van der Waals surface area (Å²) in [7, 11) is 0. The fraction of sp³-hybridized carbons (Fsp3) is 0.462. The van der Waals surface area contributed by atoms with Crippen molar-refractivity contribution in [3.63, 3.8) is 0 Å². The van der Waals surface area contributed by atoms with Gasteiger partial charge in [-0.3, -0.25) is 9.59 Å². The Kier molecular flexibility index (Phi) is 8.10. The summed E-state index contributed by atoms with van der Waals surface area (Å²) < 4.78 is 5.67. The molecule has 0 radical (unpaired) electrons. The predicted octanol–water partition coefficient (Wildman–Crippen LogP) is 4.56. The molecule has 2 amide bonds. The van der Waals surface area contributed by atoms with Crippen LogP contribution in [0.3, 0.4) is 0 Å². The van der Waals surface area contributed by atoms with Crippen LogP contribution >= 0.6 is 0 Å². The van der Waals surface area contributed by atoms with Crippen LogP contribution in [0.4, 0.5) is 0 Å². The van der Waals surface area contributed by atoms with E-state index < -0.39 is 0 Å². The number of likely N-dealkylation sites (tertiary alicyclic amines) is 1. The fourth-order valence-corrected chi connectivity index (χ4v) is 3.84. The number of nitrogens with one attached hydrogen (secondary N) is 1. The molecular weight excluding hydrogens is 388 g/mol. The molecule has 2 aromatic carbocycles. The van der Waals surface area contributed by atoms with Crippen molar-refractivity contribution in [2.45, 2.75) is 58.4 Å². The van der Waals surface area contributed by atoms with Crippen LogP contribution in [0.15, 0.2) is 48.5 Å². The van der Waals surface area contributed by atoms with Gasteiger partial charge in [-0.2, -0.15) is 0 Å². The van der Waals surface area contributed by atoms with E-state index in [2.05, 4.69) is 26.1 Å². The lowest BCUT2D eigenvalue weighted by Crippen LogP contribution is -2.47. The minimum absolute atomic E-state index is 0.00770.